The SMILES string of the molecule is CCC1CCC(NCC2CC2)C1. The molecular formula is C11H21N. The molecule has 2 saturated carbocycles. The van der Waals surface area contributed by atoms with Crippen molar-refractivity contribution in [2.24, 2.45) is 11.8 Å². The van der Waals surface area contributed by atoms with E-state index in [0.29, 0.717) is 0 Å². The highest BCUT2D eigenvalue weighted by Crippen LogP contribution is 2.31. The van der Waals surface area contributed by atoms with Gasteiger partial charge in [-0.25, -0.2) is 0 Å². The van der Waals surface area contributed by atoms with Gasteiger partial charge in [0.25, 0.3) is 0 Å². The highest BCUT2D eigenvalue weighted by molar-refractivity contribution is 4.83. The molecule has 1 heteroatoms. The minimum atomic E-state index is 0.871. The van der Waals surface area contributed by atoms with E-state index in [1.165, 1.54) is 45.1 Å². The van der Waals surface area contributed by atoms with Gasteiger partial charge in [0, 0.05) is 6.04 Å². The fourth-order valence-corrected chi connectivity index (χ4v) is 2.29. The third-order valence-electron chi connectivity index (χ3n) is 3.51. The van der Waals surface area contributed by atoms with E-state index in [-0.39, 0.29) is 0 Å². The van der Waals surface area contributed by atoms with Crippen LogP contribution >= 0.6 is 0 Å². The minimum Gasteiger partial charge on any atom is -0.314 e. The first-order valence-electron chi connectivity index (χ1n) is 5.62. The van der Waals surface area contributed by atoms with E-state index in [1.807, 2.05) is 0 Å². The standard InChI is InChI=1S/C11H21N/c1-2-9-5-6-11(7-9)12-8-10-3-4-10/h9-12H,2-8H2,1H3. The molecule has 0 aliphatic heterocycles. The van der Waals surface area contributed by atoms with Crippen LogP contribution in [0.15, 0.2) is 0 Å². The number of rotatable bonds is 4. The molecule has 2 aliphatic carbocycles. The Morgan fingerprint density at radius 2 is 1.83 bits per heavy atom. The summed E-state index contributed by atoms with van der Waals surface area (Å²) >= 11 is 0. The van der Waals surface area contributed by atoms with Gasteiger partial charge in [-0.05, 0) is 50.5 Å². The maximum atomic E-state index is 3.71. The Morgan fingerprint density at radius 3 is 2.42 bits per heavy atom. The Hall–Kier alpha value is -0.0400. The Balaban J connectivity index is 1.61. The molecule has 0 spiro atoms. The number of nitrogens with one attached hydrogen (secondary N) is 1. The predicted molar refractivity (Wildman–Crippen MR) is 52.1 cm³/mol. The second kappa shape index (κ2) is 3.78. The van der Waals surface area contributed by atoms with Crippen LogP contribution in [-0.4, -0.2) is 12.6 Å². The monoisotopic (exact) mass is 167 g/mol. The van der Waals surface area contributed by atoms with Crippen LogP contribution in [0.4, 0.5) is 0 Å². The van der Waals surface area contributed by atoms with Crippen molar-refractivity contribution in [3.63, 3.8) is 0 Å². The van der Waals surface area contributed by atoms with Crippen LogP contribution in [0.2, 0.25) is 0 Å². The summed E-state index contributed by atoms with van der Waals surface area (Å²) in [6, 6.07) is 0.871. The van der Waals surface area contributed by atoms with E-state index in [0.717, 1.165) is 17.9 Å². The number of hydrogen-bond acceptors (Lipinski definition) is 1. The van der Waals surface area contributed by atoms with Crippen molar-refractivity contribution in [3.05, 3.63) is 0 Å². The molecule has 2 unspecified atom stereocenters. The molecule has 0 aromatic heterocycles. The van der Waals surface area contributed by atoms with Crippen molar-refractivity contribution in [2.75, 3.05) is 6.54 Å². The largest absolute Gasteiger partial charge is 0.314 e. The fourth-order valence-electron chi connectivity index (χ4n) is 2.29. The van der Waals surface area contributed by atoms with E-state index in [1.54, 1.807) is 0 Å². The topological polar surface area (TPSA) is 12.0 Å². The Kier molecular flexibility index (Phi) is 2.69. The summed E-state index contributed by atoms with van der Waals surface area (Å²) in [5.74, 6) is 2.08. The van der Waals surface area contributed by atoms with Crippen LogP contribution in [0.5, 0.6) is 0 Å². The fraction of sp³-hybridized carbons (Fsp3) is 1.00. The molecule has 0 aromatic carbocycles. The van der Waals surface area contributed by atoms with Crippen LogP contribution in [0, 0.1) is 11.8 Å². The lowest BCUT2D eigenvalue weighted by atomic mass is 10.1. The van der Waals surface area contributed by atoms with Crippen molar-refractivity contribution in [1.82, 2.24) is 5.32 Å². The molecule has 0 amide bonds. The zero-order valence-corrected chi connectivity index (χ0v) is 8.18. The molecule has 2 fully saturated rings. The Labute approximate surface area is 75.9 Å². The molecule has 0 radical (unpaired) electrons. The molecule has 2 aliphatic rings. The molecule has 70 valence electrons. The third kappa shape index (κ3) is 2.22. The van der Waals surface area contributed by atoms with Gasteiger partial charge in [0.2, 0.25) is 0 Å². The lowest BCUT2D eigenvalue weighted by molar-refractivity contribution is 0.469. The van der Waals surface area contributed by atoms with Crippen LogP contribution in [0.3, 0.4) is 0 Å². The van der Waals surface area contributed by atoms with Gasteiger partial charge < -0.3 is 5.32 Å². The zero-order valence-electron chi connectivity index (χ0n) is 8.18. The highest BCUT2D eigenvalue weighted by atomic mass is 14.9. The van der Waals surface area contributed by atoms with Gasteiger partial charge in [-0.2, -0.15) is 0 Å². The van der Waals surface area contributed by atoms with Gasteiger partial charge in [-0.3, -0.25) is 0 Å². The summed E-state index contributed by atoms with van der Waals surface area (Å²) in [6.45, 7) is 3.63. The van der Waals surface area contributed by atoms with Gasteiger partial charge >= 0.3 is 0 Å². The van der Waals surface area contributed by atoms with Crippen molar-refractivity contribution >= 4 is 0 Å². The zero-order chi connectivity index (χ0) is 8.39. The molecule has 0 bridgehead atoms. The molecule has 0 heterocycles. The quantitative estimate of drug-likeness (QED) is 0.678. The first-order chi connectivity index (χ1) is 5.88. The summed E-state index contributed by atoms with van der Waals surface area (Å²) < 4.78 is 0. The van der Waals surface area contributed by atoms with Gasteiger partial charge in [0.15, 0.2) is 0 Å². The molecule has 12 heavy (non-hydrogen) atoms. The molecular weight excluding hydrogens is 146 g/mol. The molecule has 1 N–H and O–H groups in total. The summed E-state index contributed by atoms with van der Waals surface area (Å²) in [4.78, 5) is 0. The first-order valence-corrected chi connectivity index (χ1v) is 5.62. The average molecular weight is 167 g/mol. The lowest BCUT2D eigenvalue weighted by Crippen LogP contribution is -2.28. The second-order valence-corrected chi connectivity index (χ2v) is 4.64. The van der Waals surface area contributed by atoms with Crippen LogP contribution in [0.1, 0.15) is 45.4 Å². The Bertz CT molecular complexity index is 140. The van der Waals surface area contributed by atoms with Crippen molar-refractivity contribution < 1.29 is 0 Å². The smallest absolute Gasteiger partial charge is 0.00699 e. The third-order valence-corrected chi connectivity index (χ3v) is 3.51. The van der Waals surface area contributed by atoms with Crippen molar-refractivity contribution in [1.29, 1.82) is 0 Å². The minimum absolute atomic E-state index is 0.871. The van der Waals surface area contributed by atoms with Gasteiger partial charge in [-0.1, -0.05) is 13.3 Å². The average Bonchev–Trinajstić information content (AvgIpc) is 2.81. The van der Waals surface area contributed by atoms with Crippen molar-refractivity contribution in [2.45, 2.75) is 51.5 Å². The normalized spacial score (nSPS) is 35.8. The molecule has 1 nitrogen and oxygen atoms in total. The van der Waals surface area contributed by atoms with Crippen LogP contribution < -0.4 is 5.32 Å². The summed E-state index contributed by atoms with van der Waals surface area (Å²) in [5.41, 5.74) is 0. The van der Waals surface area contributed by atoms with Gasteiger partial charge in [0.1, 0.15) is 0 Å². The van der Waals surface area contributed by atoms with Gasteiger partial charge in [0.05, 0.1) is 0 Å². The molecule has 2 atom stereocenters. The summed E-state index contributed by atoms with van der Waals surface area (Å²) in [6.07, 6.45) is 8.71. The summed E-state index contributed by atoms with van der Waals surface area (Å²) in [5, 5.41) is 3.71. The van der Waals surface area contributed by atoms with E-state index in [2.05, 4.69) is 12.2 Å². The van der Waals surface area contributed by atoms with Gasteiger partial charge in [-0.15, -0.1) is 0 Å². The highest BCUT2D eigenvalue weighted by Gasteiger charge is 2.26. The van der Waals surface area contributed by atoms with E-state index in [9.17, 15) is 0 Å². The van der Waals surface area contributed by atoms with E-state index >= 15 is 0 Å². The van der Waals surface area contributed by atoms with E-state index in [4.69, 9.17) is 0 Å². The van der Waals surface area contributed by atoms with E-state index < -0.39 is 0 Å². The van der Waals surface area contributed by atoms with Crippen LogP contribution in [-0.2, 0) is 0 Å². The molecule has 0 saturated heterocycles. The predicted octanol–water partition coefficient (Wildman–Crippen LogP) is 2.56. The lowest BCUT2D eigenvalue weighted by Gasteiger charge is -2.11. The molecule has 0 aromatic rings. The second-order valence-electron chi connectivity index (χ2n) is 4.64. The van der Waals surface area contributed by atoms with Crippen molar-refractivity contribution in [3.8, 4) is 0 Å². The first kappa shape index (κ1) is 8.55. The maximum absolute atomic E-state index is 3.71. The Morgan fingerprint density at radius 1 is 1.08 bits per heavy atom. The number of hydrogen-bond donors (Lipinski definition) is 1. The maximum Gasteiger partial charge on any atom is 0.00699 e. The summed E-state index contributed by atoms with van der Waals surface area (Å²) in [7, 11) is 0. The molecule has 2 rings (SSSR count). The van der Waals surface area contributed by atoms with Crippen LogP contribution in [0.25, 0.3) is 0 Å².